The Balaban J connectivity index is 1.73. The minimum Gasteiger partial charge on any atom is -0.494 e. The van der Waals surface area contributed by atoms with Gasteiger partial charge in [-0.05, 0) is 73.4 Å². The molecule has 1 aliphatic rings. The number of pyridine rings is 1. The standard InChI is InChI=1S/C27H23ClN2O4/c1-4-11-33-19-8-5-17(6-9-19)24-23-25(31)20-12-15(2)16(3)13-21(20)34-26(23)27(32)30(24)22-10-7-18(28)14-29-22/h5-10,12-14,24H,4,11H2,1-3H3. The van der Waals surface area contributed by atoms with E-state index < -0.39 is 11.9 Å². The molecule has 34 heavy (non-hydrogen) atoms. The molecule has 0 N–H and O–H groups in total. The molecule has 5 rings (SSSR count). The molecule has 1 atom stereocenters. The maximum absolute atomic E-state index is 13.7. The van der Waals surface area contributed by atoms with Crippen molar-refractivity contribution in [1.29, 1.82) is 0 Å². The monoisotopic (exact) mass is 474 g/mol. The second-order valence-electron chi connectivity index (χ2n) is 8.44. The molecule has 0 fully saturated rings. The van der Waals surface area contributed by atoms with Gasteiger partial charge in [0.05, 0.1) is 28.6 Å². The number of hydrogen-bond donors (Lipinski definition) is 0. The zero-order chi connectivity index (χ0) is 24.0. The lowest BCUT2D eigenvalue weighted by Crippen LogP contribution is -2.30. The molecule has 0 bridgehead atoms. The van der Waals surface area contributed by atoms with Crippen molar-refractivity contribution < 1.29 is 13.9 Å². The summed E-state index contributed by atoms with van der Waals surface area (Å²) >= 11 is 6.03. The average Bonchev–Trinajstić information content (AvgIpc) is 3.12. The van der Waals surface area contributed by atoms with Gasteiger partial charge in [-0.1, -0.05) is 30.7 Å². The molecule has 0 saturated carbocycles. The van der Waals surface area contributed by atoms with Crippen LogP contribution in [0.2, 0.25) is 5.02 Å². The van der Waals surface area contributed by atoms with E-state index in [2.05, 4.69) is 4.98 Å². The number of nitrogens with zero attached hydrogens (tertiary/aromatic N) is 2. The molecule has 6 nitrogen and oxygen atoms in total. The van der Waals surface area contributed by atoms with Crippen molar-refractivity contribution in [3.05, 3.63) is 98.0 Å². The fraction of sp³-hybridized carbons (Fsp3) is 0.222. The molecular weight excluding hydrogens is 452 g/mol. The van der Waals surface area contributed by atoms with E-state index in [1.165, 1.54) is 11.1 Å². The highest BCUT2D eigenvalue weighted by atomic mass is 35.5. The summed E-state index contributed by atoms with van der Waals surface area (Å²) in [6.07, 6.45) is 2.37. The zero-order valence-corrected chi connectivity index (χ0v) is 19.8. The Labute approximate surface area is 201 Å². The van der Waals surface area contributed by atoms with Crippen LogP contribution in [0.25, 0.3) is 11.0 Å². The number of ether oxygens (including phenoxy) is 1. The van der Waals surface area contributed by atoms with Gasteiger partial charge in [0.25, 0.3) is 5.91 Å². The third-order valence-electron chi connectivity index (χ3n) is 6.11. The highest BCUT2D eigenvalue weighted by Crippen LogP contribution is 2.41. The number of rotatable bonds is 5. The summed E-state index contributed by atoms with van der Waals surface area (Å²) in [6, 6.07) is 13.7. The Kier molecular flexibility index (Phi) is 5.62. The van der Waals surface area contributed by atoms with Crippen LogP contribution >= 0.6 is 11.6 Å². The molecule has 4 aromatic rings. The summed E-state index contributed by atoms with van der Waals surface area (Å²) in [7, 11) is 0. The Morgan fingerprint density at radius 1 is 1.06 bits per heavy atom. The van der Waals surface area contributed by atoms with Crippen molar-refractivity contribution in [3.63, 3.8) is 0 Å². The van der Waals surface area contributed by atoms with Crippen LogP contribution in [0.1, 0.15) is 52.2 Å². The van der Waals surface area contributed by atoms with Crippen LogP contribution < -0.4 is 15.1 Å². The van der Waals surface area contributed by atoms with Crippen molar-refractivity contribution in [2.75, 3.05) is 11.5 Å². The molecule has 7 heteroatoms. The minimum absolute atomic E-state index is 0.0359. The minimum atomic E-state index is -0.696. The Hall–Kier alpha value is -3.64. The number of benzene rings is 2. The summed E-state index contributed by atoms with van der Waals surface area (Å²) in [5.41, 5.74) is 3.20. The van der Waals surface area contributed by atoms with Crippen LogP contribution in [0.4, 0.5) is 5.82 Å². The summed E-state index contributed by atoms with van der Waals surface area (Å²) in [5.74, 6) is 0.725. The predicted octanol–water partition coefficient (Wildman–Crippen LogP) is 6.00. The topological polar surface area (TPSA) is 72.6 Å². The van der Waals surface area contributed by atoms with Gasteiger partial charge in [0, 0.05) is 6.20 Å². The quantitative estimate of drug-likeness (QED) is 0.355. The molecule has 0 aliphatic carbocycles. The van der Waals surface area contributed by atoms with Crippen molar-refractivity contribution in [2.24, 2.45) is 0 Å². The fourth-order valence-electron chi connectivity index (χ4n) is 4.26. The molecule has 3 heterocycles. The third-order valence-corrected chi connectivity index (χ3v) is 6.34. The van der Waals surface area contributed by atoms with E-state index in [4.69, 9.17) is 20.8 Å². The van der Waals surface area contributed by atoms with Gasteiger partial charge in [-0.25, -0.2) is 4.98 Å². The van der Waals surface area contributed by atoms with Crippen LogP contribution in [0.3, 0.4) is 0 Å². The van der Waals surface area contributed by atoms with Crippen LogP contribution in [0, 0.1) is 13.8 Å². The number of carbonyl (C=O) groups is 1. The second-order valence-corrected chi connectivity index (χ2v) is 8.87. The molecule has 1 amide bonds. The Bertz CT molecular complexity index is 1460. The van der Waals surface area contributed by atoms with Crippen LogP contribution in [-0.4, -0.2) is 17.5 Å². The fourth-order valence-corrected chi connectivity index (χ4v) is 4.37. The maximum Gasteiger partial charge on any atom is 0.296 e. The van der Waals surface area contributed by atoms with E-state index in [0.717, 1.165) is 28.9 Å². The number of carbonyl (C=O) groups excluding carboxylic acids is 1. The molecular formula is C27H23ClN2O4. The van der Waals surface area contributed by atoms with E-state index >= 15 is 0 Å². The number of anilines is 1. The SMILES string of the molecule is CCCOc1ccc(C2c3c(oc4cc(C)c(C)cc4c3=O)C(=O)N2c2ccc(Cl)cn2)cc1. The summed E-state index contributed by atoms with van der Waals surface area (Å²) in [6.45, 7) is 6.54. The lowest BCUT2D eigenvalue weighted by molar-refractivity contribution is 0.0970. The van der Waals surface area contributed by atoms with Crippen LogP contribution in [-0.2, 0) is 0 Å². The molecule has 2 aromatic carbocycles. The highest BCUT2D eigenvalue weighted by Gasteiger charge is 2.44. The summed E-state index contributed by atoms with van der Waals surface area (Å²) in [5, 5.41) is 0.904. The van der Waals surface area contributed by atoms with Gasteiger partial charge in [0.15, 0.2) is 5.43 Å². The van der Waals surface area contributed by atoms with E-state index in [0.29, 0.717) is 34.0 Å². The maximum atomic E-state index is 13.7. The number of hydrogen-bond acceptors (Lipinski definition) is 5. The van der Waals surface area contributed by atoms with Gasteiger partial charge < -0.3 is 9.15 Å². The van der Waals surface area contributed by atoms with E-state index in [9.17, 15) is 9.59 Å². The van der Waals surface area contributed by atoms with E-state index in [1.807, 2.05) is 51.1 Å². The number of aromatic nitrogens is 1. The molecule has 1 aliphatic heterocycles. The van der Waals surface area contributed by atoms with Crippen LogP contribution in [0.5, 0.6) is 5.75 Å². The highest BCUT2D eigenvalue weighted by molar-refractivity contribution is 6.30. The molecule has 0 radical (unpaired) electrons. The number of halogens is 1. The molecule has 2 aromatic heterocycles. The van der Waals surface area contributed by atoms with Gasteiger partial charge in [-0.2, -0.15) is 0 Å². The van der Waals surface area contributed by atoms with Crippen molar-refractivity contribution in [2.45, 2.75) is 33.2 Å². The smallest absolute Gasteiger partial charge is 0.296 e. The number of fused-ring (bicyclic) bond motifs is 2. The Morgan fingerprint density at radius 3 is 2.47 bits per heavy atom. The molecule has 0 spiro atoms. The zero-order valence-electron chi connectivity index (χ0n) is 19.1. The molecule has 172 valence electrons. The average molecular weight is 475 g/mol. The normalized spacial score (nSPS) is 15.1. The second kappa shape index (κ2) is 8.61. The lowest BCUT2D eigenvalue weighted by Gasteiger charge is -2.24. The first-order valence-electron chi connectivity index (χ1n) is 11.1. The molecule has 1 unspecified atom stereocenters. The van der Waals surface area contributed by atoms with Gasteiger partial charge in [-0.3, -0.25) is 14.5 Å². The first kappa shape index (κ1) is 22.2. The van der Waals surface area contributed by atoms with Crippen LogP contribution in [0.15, 0.2) is 63.9 Å². The Morgan fingerprint density at radius 2 is 1.79 bits per heavy atom. The van der Waals surface area contributed by atoms with Crippen molar-refractivity contribution >= 4 is 34.3 Å². The van der Waals surface area contributed by atoms with Gasteiger partial charge in [0.1, 0.15) is 17.2 Å². The van der Waals surface area contributed by atoms with Gasteiger partial charge in [-0.15, -0.1) is 0 Å². The number of aryl methyl sites for hydroxylation is 2. The van der Waals surface area contributed by atoms with Crippen molar-refractivity contribution in [1.82, 2.24) is 4.98 Å². The lowest BCUT2D eigenvalue weighted by atomic mass is 9.97. The van der Waals surface area contributed by atoms with Gasteiger partial charge in [0.2, 0.25) is 5.76 Å². The summed E-state index contributed by atoms with van der Waals surface area (Å²) in [4.78, 5) is 33.2. The summed E-state index contributed by atoms with van der Waals surface area (Å²) < 4.78 is 11.8. The molecule has 0 saturated heterocycles. The van der Waals surface area contributed by atoms with E-state index in [1.54, 1.807) is 18.2 Å². The number of amides is 1. The van der Waals surface area contributed by atoms with Crippen molar-refractivity contribution in [3.8, 4) is 5.75 Å². The third kappa shape index (κ3) is 3.64. The first-order chi connectivity index (χ1) is 16.4. The first-order valence-corrected chi connectivity index (χ1v) is 11.5. The largest absolute Gasteiger partial charge is 0.494 e. The van der Waals surface area contributed by atoms with E-state index in [-0.39, 0.29) is 11.2 Å². The predicted molar refractivity (Wildman–Crippen MR) is 132 cm³/mol. The van der Waals surface area contributed by atoms with Gasteiger partial charge >= 0.3 is 0 Å².